The van der Waals surface area contributed by atoms with Crippen LogP contribution >= 0.6 is 23.3 Å². The molecular formula is C11H11N3OS2. The van der Waals surface area contributed by atoms with Crippen LogP contribution in [0.25, 0.3) is 0 Å². The Morgan fingerprint density at radius 3 is 2.71 bits per heavy atom. The van der Waals surface area contributed by atoms with E-state index in [9.17, 15) is 4.79 Å². The molecule has 0 saturated heterocycles. The van der Waals surface area contributed by atoms with E-state index in [0.717, 1.165) is 5.69 Å². The Balaban J connectivity index is 2.57. The Bertz CT molecular complexity index is 586. The summed E-state index contributed by atoms with van der Waals surface area (Å²) in [5.74, 6) is -0.0715. The van der Waals surface area contributed by atoms with E-state index in [2.05, 4.69) is 9.37 Å². The molecule has 0 bridgehead atoms. The first kappa shape index (κ1) is 12.1. The van der Waals surface area contributed by atoms with Gasteiger partial charge in [0.1, 0.15) is 0 Å². The Morgan fingerprint density at radius 1 is 1.41 bits per heavy atom. The highest BCUT2D eigenvalue weighted by Gasteiger charge is 2.09. The number of benzene rings is 1. The van der Waals surface area contributed by atoms with Crippen LogP contribution in [0.5, 0.6) is 0 Å². The first-order valence-electron chi connectivity index (χ1n) is 4.96. The fourth-order valence-electron chi connectivity index (χ4n) is 1.32. The van der Waals surface area contributed by atoms with Crippen molar-refractivity contribution in [3.8, 4) is 0 Å². The molecule has 0 aliphatic rings. The lowest BCUT2D eigenvalue weighted by Gasteiger charge is -1.98. The van der Waals surface area contributed by atoms with Crippen LogP contribution in [-0.2, 0) is 0 Å². The maximum atomic E-state index is 11.6. The van der Waals surface area contributed by atoms with Gasteiger partial charge < -0.3 is 0 Å². The van der Waals surface area contributed by atoms with Crippen LogP contribution in [0.15, 0.2) is 40.5 Å². The van der Waals surface area contributed by atoms with Gasteiger partial charge in [-0.2, -0.15) is 4.37 Å². The summed E-state index contributed by atoms with van der Waals surface area (Å²) in [6.07, 6.45) is 1.89. The summed E-state index contributed by atoms with van der Waals surface area (Å²) in [5.41, 5.74) is 0.818. The van der Waals surface area contributed by atoms with Crippen LogP contribution in [0.1, 0.15) is 11.7 Å². The second kappa shape index (κ2) is 5.29. The van der Waals surface area contributed by atoms with Crippen molar-refractivity contribution >= 4 is 34.9 Å². The van der Waals surface area contributed by atoms with Crippen LogP contribution in [0.3, 0.4) is 0 Å². The molecule has 2 rings (SSSR count). The van der Waals surface area contributed by atoms with Gasteiger partial charge in [-0.05, 0) is 18.4 Å². The fraction of sp³-hybridized carbons (Fsp3) is 0.182. The predicted molar refractivity (Wildman–Crippen MR) is 69.9 cm³/mol. The third-order valence-electron chi connectivity index (χ3n) is 2.07. The van der Waals surface area contributed by atoms with Gasteiger partial charge in [0.25, 0.3) is 0 Å². The minimum absolute atomic E-state index is 0.0715. The van der Waals surface area contributed by atoms with Crippen molar-refractivity contribution in [3.63, 3.8) is 0 Å². The molecule has 1 aromatic heterocycles. The van der Waals surface area contributed by atoms with Crippen LogP contribution in [0.4, 0.5) is 5.69 Å². The summed E-state index contributed by atoms with van der Waals surface area (Å²) in [5, 5.41) is 0.678. The summed E-state index contributed by atoms with van der Waals surface area (Å²) < 4.78 is 5.74. The molecule has 0 aliphatic carbocycles. The van der Waals surface area contributed by atoms with Gasteiger partial charge >= 0.3 is 0 Å². The van der Waals surface area contributed by atoms with Gasteiger partial charge in [0.05, 0.1) is 5.69 Å². The molecule has 0 amide bonds. The monoisotopic (exact) mass is 265 g/mol. The zero-order valence-electron chi connectivity index (χ0n) is 9.45. The highest BCUT2D eigenvalue weighted by molar-refractivity contribution is 7.98. The number of para-hydroxylation sites is 1. The first-order chi connectivity index (χ1) is 8.22. The van der Waals surface area contributed by atoms with Gasteiger partial charge in [-0.1, -0.05) is 30.0 Å². The van der Waals surface area contributed by atoms with Crippen LogP contribution < -0.4 is 4.80 Å². The lowest BCUT2D eigenvalue weighted by atomic mass is 10.3. The molecule has 2 aromatic rings. The Labute approximate surface area is 107 Å². The first-order valence-corrected chi connectivity index (χ1v) is 6.95. The van der Waals surface area contributed by atoms with Crippen molar-refractivity contribution in [3.05, 3.63) is 35.1 Å². The normalized spacial score (nSPS) is 11.8. The van der Waals surface area contributed by atoms with Gasteiger partial charge in [0, 0.05) is 18.5 Å². The summed E-state index contributed by atoms with van der Waals surface area (Å²) in [4.78, 5) is 16.6. The van der Waals surface area contributed by atoms with E-state index in [-0.39, 0.29) is 5.91 Å². The second-order valence-corrected chi connectivity index (χ2v) is 4.76. The number of rotatable bonds is 2. The molecule has 1 heterocycles. The van der Waals surface area contributed by atoms with Gasteiger partial charge in [-0.3, -0.25) is 4.79 Å². The molecule has 17 heavy (non-hydrogen) atoms. The molecule has 88 valence electrons. The summed E-state index contributed by atoms with van der Waals surface area (Å²) >= 11 is 2.67. The predicted octanol–water partition coefficient (Wildman–Crippen LogP) is 2.56. The molecule has 0 radical (unpaired) electrons. The van der Waals surface area contributed by atoms with Crippen molar-refractivity contribution in [2.24, 2.45) is 4.99 Å². The fourth-order valence-corrected chi connectivity index (χ4v) is 2.87. The van der Waals surface area contributed by atoms with Gasteiger partial charge in [-0.15, -0.1) is 0 Å². The van der Waals surface area contributed by atoms with E-state index < -0.39 is 0 Å². The second-order valence-electron chi connectivity index (χ2n) is 3.25. The number of thioether (sulfide) groups is 1. The quantitative estimate of drug-likeness (QED) is 0.784. The maximum Gasteiger partial charge on any atom is 0.231 e. The Morgan fingerprint density at radius 2 is 2.12 bits per heavy atom. The molecule has 0 spiro atoms. The van der Waals surface area contributed by atoms with E-state index in [4.69, 9.17) is 0 Å². The van der Waals surface area contributed by atoms with E-state index in [0.29, 0.717) is 9.96 Å². The van der Waals surface area contributed by atoms with Gasteiger partial charge in [0.15, 0.2) is 5.16 Å². The van der Waals surface area contributed by atoms with Crippen LogP contribution in [0, 0.1) is 0 Å². The lowest BCUT2D eigenvalue weighted by molar-refractivity contribution is 0.0922. The van der Waals surface area contributed by atoms with Crippen molar-refractivity contribution in [1.29, 1.82) is 0 Å². The molecule has 6 heteroatoms. The van der Waals surface area contributed by atoms with Crippen molar-refractivity contribution in [2.75, 3.05) is 6.26 Å². The molecule has 0 atom stereocenters. The third kappa shape index (κ3) is 2.65. The van der Waals surface area contributed by atoms with Crippen molar-refractivity contribution < 1.29 is 4.79 Å². The largest absolute Gasteiger partial charge is 0.274 e. The van der Waals surface area contributed by atoms with Crippen molar-refractivity contribution in [2.45, 2.75) is 12.1 Å². The van der Waals surface area contributed by atoms with E-state index in [1.165, 1.54) is 34.8 Å². The van der Waals surface area contributed by atoms with E-state index in [1.54, 1.807) is 0 Å². The standard InChI is InChI=1S/C11H11N3OS2/c1-8(15)14-10(17-13-11(14)16-2)12-9-6-4-3-5-7-9/h3-7H,1-2H3. The number of carbonyl (C=O) groups excluding carboxylic acids is 1. The minimum Gasteiger partial charge on any atom is -0.274 e. The maximum absolute atomic E-state index is 11.6. The summed E-state index contributed by atoms with van der Waals surface area (Å²) in [6.45, 7) is 1.51. The van der Waals surface area contributed by atoms with Crippen LogP contribution in [0.2, 0.25) is 0 Å². The number of hydrogen-bond acceptors (Lipinski definition) is 5. The summed E-state index contributed by atoms with van der Waals surface area (Å²) in [7, 11) is 0. The topological polar surface area (TPSA) is 47.2 Å². The summed E-state index contributed by atoms with van der Waals surface area (Å²) in [6, 6.07) is 9.53. The molecular weight excluding hydrogens is 254 g/mol. The molecule has 0 saturated carbocycles. The van der Waals surface area contributed by atoms with E-state index in [1.807, 2.05) is 36.6 Å². The molecule has 0 fully saturated rings. The zero-order chi connectivity index (χ0) is 12.3. The van der Waals surface area contributed by atoms with E-state index >= 15 is 0 Å². The van der Waals surface area contributed by atoms with Crippen LogP contribution in [-0.4, -0.2) is 21.1 Å². The molecule has 0 aliphatic heterocycles. The average molecular weight is 265 g/mol. The number of nitrogens with zero attached hydrogens (tertiary/aromatic N) is 3. The Kier molecular flexibility index (Phi) is 3.75. The lowest BCUT2D eigenvalue weighted by Crippen LogP contribution is -2.20. The SMILES string of the molecule is CSc1nsc(=Nc2ccccc2)n1C(C)=O. The highest BCUT2D eigenvalue weighted by atomic mass is 32.2. The molecule has 0 N–H and O–H groups in total. The molecule has 1 aromatic carbocycles. The highest BCUT2D eigenvalue weighted by Crippen LogP contribution is 2.13. The third-order valence-corrected chi connectivity index (χ3v) is 3.52. The zero-order valence-corrected chi connectivity index (χ0v) is 11.1. The van der Waals surface area contributed by atoms with Crippen molar-refractivity contribution in [1.82, 2.24) is 8.94 Å². The molecule has 0 unspecified atom stereocenters. The van der Waals surface area contributed by atoms with Gasteiger partial charge in [0.2, 0.25) is 10.7 Å². The average Bonchev–Trinajstić information content (AvgIpc) is 2.73. The number of hydrogen-bond donors (Lipinski definition) is 0. The molecule has 4 nitrogen and oxygen atoms in total. The number of aromatic nitrogens is 2. The Hall–Kier alpha value is -1.40. The minimum atomic E-state index is -0.0715. The van der Waals surface area contributed by atoms with Gasteiger partial charge in [-0.25, -0.2) is 9.56 Å². The number of carbonyl (C=O) groups is 1. The smallest absolute Gasteiger partial charge is 0.231 e.